The summed E-state index contributed by atoms with van der Waals surface area (Å²) in [7, 11) is 0. The zero-order valence-corrected chi connectivity index (χ0v) is 16.6. The Morgan fingerprint density at radius 1 is 1.14 bits per heavy atom. The SMILES string of the molecule is O=C(NCCc1ccccc1)[C@@H](c1ccccn1)N(C(=O)c1csnn1)C1CC1. The Kier molecular flexibility index (Phi) is 5.90. The van der Waals surface area contributed by atoms with E-state index in [0.29, 0.717) is 12.2 Å². The Hall–Kier alpha value is -3.13. The molecule has 1 aliphatic rings. The molecule has 3 aromatic rings. The van der Waals surface area contributed by atoms with Crippen molar-refractivity contribution in [2.45, 2.75) is 31.3 Å². The van der Waals surface area contributed by atoms with E-state index in [1.807, 2.05) is 36.4 Å². The Bertz CT molecular complexity index is 946. The second-order valence-electron chi connectivity index (χ2n) is 6.92. The summed E-state index contributed by atoms with van der Waals surface area (Å²) in [6, 6.07) is 14.6. The van der Waals surface area contributed by atoms with Gasteiger partial charge in [0.25, 0.3) is 5.91 Å². The highest BCUT2D eigenvalue weighted by Gasteiger charge is 2.42. The molecule has 2 heterocycles. The van der Waals surface area contributed by atoms with Crippen LogP contribution in [0.3, 0.4) is 0 Å². The van der Waals surface area contributed by atoms with Crippen molar-refractivity contribution in [3.63, 3.8) is 0 Å². The Labute approximate surface area is 173 Å². The Morgan fingerprint density at radius 3 is 2.59 bits per heavy atom. The second kappa shape index (κ2) is 8.91. The number of carbonyl (C=O) groups excluding carboxylic acids is 2. The van der Waals surface area contributed by atoms with Crippen LogP contribution in [0.4, 0.5) is 0 Å². The van der Waals surface area contributed by atoms with E-state index in [-0.39, 0.29) is 23.6 Å². The molecule has 148 valence electrons. The molecule has 4 rings (SSSR count). The zero-order chi connectivity index (χ0) is 20.1. The summed E-state index contributed by atoms with van der Waals surface area (Å²) in [6.07, 6.45) is 4.09. The van der Waals surface area contributed by atoms with E-state index >= 15 is 0 Å². The number of benzene rings is 1. The number of hydrogen-bond acceptors (Lipinski definition) is 6. The van der Waals surface area contributed by atoms with Gasteiger partial charge in [-0.3, -0.25) is 14.6 Å². The van der Waals surface area contributed by atoms with E-state index in [1.54, 1.807) is 28.6 Å². The van der Waals surface area contributed by atoms with Crippen LogP contribution < -0.4 is 5.32 Å². The maximum absolute atomic E-state index is 13.2. The molecular weight excluding hydrogens is 386 g/mol. The first-order valence-electron chi connectivity index (χ1n) is 9.56. The van der Waals surface area contributed by atoms with E-state index < -0.39 is 6.04 Å². The van der Waals surface area contributed by atoms with Crippen molar-refractivity contribution in [3.05, 3.63) is 77.1 Å². The van der Waals surface area contributed by atoms with Gasteiger partial charge in [0.05, 0.1) is 5.69 Å². The summed E-state index contributed by atoms with van der Waals surface area (Å²) >= 11 is 1.12. The summed E-state index contributed by atoms with van der Waals surface area (Å²) in [5, 5.41) is 8.51. The molecule has 1 N–H and O–H groups in total. The standard InChI is InChI=1S/C21H21N5O2S/c27-20(23-13-11-15-6-2-1-3-7-15)19(17-8-4-5-12-22-17)26(16-9-10-16)21(28)18-14-29-25-24-18/h1-8,12,14,16,19H,9-11,13H2,(H,23,27)/t19-/m1/s1. The quantitative estimate of drug-likeness (QED) is 0.620. The van der Waals surface area contributed by atoms with Gasteiger partial charge in [0.15, 0.2) is 11.7 Å². The minimum absolute atomic E-state index is 0.0103. The molecule has 8 heteroatoms. The van der Waals surface area contributed by atoms with Gasteiger partial charge in [-0.2, -0.15) is 0 Å². The lowest BCUT2D eigenvalue weighted by molar-refractivity contribution is -0.126. The number of amides is 2. The van der Waals surface area contributed by atoms with Crippen LogP contribution in [0.1, 0.15) is 40.6 Å². The average molecular weight is 407 g/mol. The maximum Gasteiger partial charge on any atom is 0.276 e. The average Bonchev–Trinajstić information content (AvgIpc) is 3.44. The van der Waals surface area contributed by atoms with Crippen molar-refractivity contribution in [1.82, 2.24) is 24.8 Å². The van der Waals surface area contributed by atoms with Crippen LogP contribution in [0.2, 0.25) is 0 Å². The lowest BCUT2D eigenvalue weighted by Crippen LogP contribution is -2.45. The molecule has 1 aromatic carbocycles. The van der Waals surface area contributed by atoms with Crippen molar-refractivity contribution >= 4 is 23.3 Å². The van der Waals surface area contributed by atoms with Crippen LogP contribution in [-0.2, 0) is 11.2 Å². The van der Waals surface area contributed by atoms with Crippen molar-refractivity contribution in [3.8, 4) is 0 Å². The lowest BCUT2D eigenvalue weighted by atomic mass is 10.1. The van der Waals surface area contributed by atoms with Crippen LogP contribution in [-0.4, -0.2) is 43.9 Å². The highest BCUT2D eigenvalue weighted by molar-refractivity contribution is 7.03. The number of pyridine rings is 1. The summed E-state index contributed by atoms with van der Waals surface area (Å²) in [4.78, 5) is 32.3. The van der Waals surface area contributed by atoms with Gasteiger partial charge in [0.2, 0.25) is 5.91 Å². The third-order valence-corrected chi connectivity index (χ3v) is 5.31. The summed E-state index contributed by atoms with van der Waals surface area (Å²) in [5.41, 5.74) is 1.96. The fourth-order valence-corrected chi connectivity index (χ4v) is 3.68. The largest absolute Gasteiger partial charge is 0.354 e. The van der Waals surface area contributed by atoms with Gasteiger partial charge >= 0.3 is 0 Å². The summed E-state index contributed by atoms with van der Waals surface area (Å²) in [6.45, 7) is 0.483. The molecule has 2 amide bonds. The van der Waals surface area contributed by atoms with Crippen LogP contribution >= 0.6 is 11.5 Å². The Balaban J connectivity index is 1.55. The normalized spacial score (nSPS) is 14.2. The van der Waals surface area contributed by atoms with Gasteiger partial charge in [-0.25, -0.2) is 0 Å². The van der Waals surface area contributed by atoms with Crippen LogP contribution in [0, 0.1) is 0 Å². The first-order valence-corrected chi connectivity index (χ1v) is 10.4. The first kappa shape index (κ1) is 19.2. The van der Waals surface area contributed by atoms with Gasteiger partial charge in [-0.15, -0.1) is 5.10 Å². The number of carbonyl (C=O) groups is 2. The molecule has 0 bridgehead atoms. The lowest BCUT2D eigenvalue weighted by Gasteiger charge is -2.30. The number of rotatable bonds is 8. The van der Waals surface area contributed by atoms with Gasteiger partial charge in [-0.1, -0.05) is 40.9 Å². The van der Waals surface area contributed by atoms with Gasteiger partial charge < -0.3 is 10.2 Å². The monoisotopic (exact) mass is 407 g/mol. The van der Waals surface area contributed by atoms with Crippen molar-refractivity contribution in [2.75, 3.05) is 6.54 Å². The Morgan fingerprint density at radius 2 is 1.93 bits per heavy atom. The minimum atomic E-state index is -0.798. The van der Waals surface area contributed by atoms with E-state index in [2.05, 4.69) is 19.9 Å². The molecule has 1 atom stereocenters. The number of hydrogen-bond donors (Lipinski definition) is 1. The predicted molar refractivity (Wildman–Crippen MR) is 109 cm³/mol. The molecule has 29 heavy (non-hydrogen) atoms. The number of nitrogens with one attached hydrogen (secondary N) is 1. The van der Waals surface area contributed by atoms with Gasteiger partial charge in [-0.05, 0) is 48.5 Å². The highest BCUT2D eigenvalue weighted by Crippen LogP contribution is 2.35. The molecule has 1 aliphatic carbocycles. The van der Waals surface area contributed by atoms with Crippen LogP contribution in [0.5, 0.6) is 0 Å². The van der Waals surface area contributed by atoms with Crippen molar-refractivity contribution < 1.29 is 9.59 Å². The fourth-order valence-electron chi connectivity index (χ4n) is 3.25. The molecule has 0 radical (unpaired) electrons. The number of nitrogens with zero attached hydrogens (tertiary/aromatic N) is 4. The van der Waals surface area contributed by atoms with Crippen molar-refractivity contribution in [2.24, 2.45) is 0 Å². The molecule has 0 spiro atoms. The smallest absolute Gasteiger partial charge is 0.276 e. The second-order valence-corrected chi connectivity index (χ2v) is 7.53. The maximum atomic E-state index is 13.2. The molecule has 7 nitrogen and oxygen atoms in total. The first-order chi connectivity index (χ1) is 14.2. The summed E-state index contributed by atoms with van der Waals surface area (Å²) in [5.74, 6) is -0.516. The van der Waals surface area contributed by atoms with Crippen LogP contribution in [0.25, 0.3) is 0 Å². The molecule has 0 aliphatic heterocycles. The minimum Gasteiger partial charge on any atom is -0.354 e. The molecule has 2 aromatic heterocycles. The predicted octanol–water partition coefficient (Wildman–Crippen LogP) is 2.64. The van der Waals surface area contributed by atoms with Gasteiger partial charge in [0.1, 0.15) is 0 Å². The molecular formula is C21H21N5O2S. The third-order valence-electron chi connectivity index (χ3n) is 4.80. The number of aromatic nitrogens is 3. The highest BCUT2D eigenvalue weighted by atomic mass is 32.1. The van der Waals surface area contributed by atoms with E-state index in [0.717, 1.165) is 36.4 Å². The fraction of sp³-hybridized carbons (Fsp3) is 0.286. The van der Waals surface area contributed by atoms with Crippen LogP contribution in [0.15, 0.2) is 60.1 Å². The molecule has 0 unspecified atom stereocenters. The van der Waals surface area contributed by atoms with E-state index in [9.17, 15) is 9.59 Å². The van der Waals surface area contributed by atoms with E-state index in [4.69, 9.17) is 0 Å². The molecule has 1 saturated carbocycles. The third kappa shape index (κ3) is 4.65. The van der Waals surface area contributed by atoms with Gasteiger partial charge in [0, 0.05) is 24.2 Å². The topological polar surface area (TPSA) is 88.1 Å². The van der Waals surface area contributed by atoms with E-state index in [1.165, 1.54) is 0 Å². The summed E-state index contributed by atoms with van der Waals surface area (Å²) < 4.78 is 3.79. The molecule has 0 saturated heterocycles. The van der Waals surface area contributed by atoms with Crippen molar-refractivity contribution in [1.29, 1.82) is 0 Å². The zero-order valence-electron chi connectivity index (χ0n) is 15.8. The molecule has 1 fully saturated rings.